The largest absolute Gasteiger partial charge is 0.350 e. The van der Waals surface area contributed by atoms with Crippen molar-refractivity contribution in [1.82, 2.24) is 10.2 Å². The molecule has 0 saturated heterocycles. The molecule has 1 N–H and O–H groups in total. The zero-order chi connectivity index (χ0) is 28.8. The number of amides is 2. The van der Waals surface area contributed by atoms with E-state index in [4.69, 9.17) is 11.6 Å². The topological polar surface area (TPSA) is 86.8 Å². The first-order valence-corrected chi connectivity index (χ1v) is 14.6. The number of carbonyl (C=O) groups is 2. The highest BCUT2D eigenvalue weighted by molar-refractivity contribution is 7.92. The van der Waals surface area contributed by atoms with Crippen LogP contribution in [0.5, 0.6) is 0 Å². The van der Waals surface area contributed by atoms with Crippen LogP contribution in [0.3, 0.4) is 0 Å². The van der Waals surface area contributed by atoms with Crippen LogP contribution in [0.25, 0.3) is 0 Å². The predicted molar refractivity (Wildman–Crippen MR) is 156 cm³/mol. The van der Waals surface area contributed by atoms with E-state index in [1.54, 1.807) is 43.3 Å². The van der Waals surface area contributed by atoms with Crippen molar-refractivity contribution in [3.63, 3.8) is 0 Å². The van der Waals surface area contributed by atoms with E-state index >= 15 is 0 Å². The van der Waals surface area contributed by atoms with Gasteiger partial charge in [0.25, 0.3) is 10.0 Å². The van der Waals surface area contributed by atoms with Crippen LogP contribution in [-0.4, -0.2) is 49.8 Å². The first kappa shape index (κ1) is 30.2. The highest BCUT2D eigenvalue weighted by atomic mass is 35.5. The Morgan fingerprint density at radius 3 is 2.08 bits per heavy atom. The normalized spacial score (nSPS) is 12.5. The Kier molecular flexibility index (Phi) is 9.80. The van der Waals surface area contributed by atoms with Gasteiger partial charge < -0.3 is 10.2 Å². The van der Waals surface area contributed by atoms with E-state index in [1.807, 2.05) is 58.0 Å². The smallest absolute Gasteiger partial charge is 0.264 e. The number of anilines is 1. The van der Waals surface area contributed by atoms with Crippen molar-refractivity contribution in [3.05, 3.63) is 95.0 Å². The molecule has 0 heterocycles. The van der Waals surface area contributed by atoms with Gasteiger partial charge in [-0.15, -0.1) is 0 Å². The summed E-state index contributed by atoms with van der Waals surface area (Å²) in [6.45, 7) is 8.87. The average Bonchev–Trinajstić information content (AvgIpc) is 2.87. The number of nitrogens with zero attached hydrogens (tertiary/aromatic N) is 2. The SMILES string of the molecule is Cc1ccc(S(=O)(=O)N(CC(=O)N(CCc2ccccc2)C(C)C(=O)NC(C)(C)C)c2ccc(Cl)cc2)cc1. The molecule has 1 atom stereocenters. The number of aryl methyl sites for hydroxylation is 1. The molecule has 2 amide bonds. The van der Waals surface area contributed by atoms with Crippen molar-refractivity contribution in [2.24, 2.45) is 0 Å². The highest BCUT2D eigenvalue weighted by Crippen LogP contribution is 2.26. The van der Waals surface area contributed by atoms with Crippen molar-refractivity contribution >= 4 is 39.1 Å². The summed E-state index contributed by atoms with van der Waals surface area (Å²) in [7, 11) is -4.11. The number of hydrogen-bond donors (Lipinski definition) is 1. The van der Waals surface area contributed by atoms with E-state index in [2.05, 4.69) is 5.32 Å². The molecule has 9 heteroatoms. The summed E-state index contributed by atoms with van der Waals surface area (Å²) in [6.07, 6.45) is 0.505. The molecule has 208 valence electrons. The van der Waals surface area contributed by atoms with Crippen LogP contribution in [0.2, 0.25) is 5.02 Å². The molecule has 0 fully saturated rings. The third kappa shape index (κ3) is 8.31. The lowest BCUT2D eigenvalue weighted by Gasteiger charge is -2.33. The van der Waals surface area contributed by atoms with Gasteiger partial charge in [-0.2, -0.15) is 0 Å². The number of nitrogens with one attached hydrogen (secondary N) is 1. The Morgan fingerprint density at radius 1 is 0.923 bits per heavy atom. The fourth-order valence-corrected chi connectivity index (χ4v) is 5.56. The lowest BCUT2D eigenvalue weighted by molar-refractivity contribution is -0.139. The maximum atomic E-state index is 13.9. The van der Waals surface area contributed by atoms with Crippen LogP contribution >= 0.6 is 11.6 Å². The molecule has 0 aliphatic carbocycles. The minimum Gasteiger partial charge on any atom is -0.350 e. The molecule has 0 spiro atoms. The minimum absolute atomic E-state index is 0.0604. The number of carbonyl (C=O) groups excluding carboxylic acids is 2. The molecular formula is C30H36ClN3O4S. The molecule has 0 saturated carbocycles. The van der Waals surface area contributed by atoms with Crippen molar-refractivity contribution in [2.75, 3.05) is 17.4 Å². The molecule has 3 rings (SSSR count). The van der Waals surface area contributed by atoms with Crippen molar-refractivity contribution in [3.8, 4) is 0 Å². The van der Waals surface area contributed by atoms with Crippen molar-refractivity contribution in [1.29, 1.82) is 0 Å². The Morgan fingerprint density at radius 2 is 1.51 bits per heavy atom. The van der Waals surface area contributed by atoms with Crippen LogP contribution in [0.4, 0.5) is 5.69 Å². The second-order valence-electron chi connectivity index (χ2n) is 10.5. The molecule has 39 heavy (non-hydrogen) atoms. The number of benzene rings is 3. The van der Waals surface area contributed by atoms with Gasteiger partial charge in [0.1, 0.15) is 12.6 Å². The number of sulfonamides is 1. The van der Waals surface area contributed by atoms with E-state index in [-0.39, 0.29) is 17.3 Å². The number of hydrogen-bond acceptors (Lipinski definition) is 4. The van der Waals surface area contributed by atoms with E-state index in [0.29, 0.717) is 17.1 Å². The van der Waals surface area contributed by atoms with Crippen molar-refractivity contribution in [2.45, 2.75) is 57.5 Å². The lowest BCUT2D eigenvalue weighted by Crippen LogP contribution is -2.55. The molecule has 0 radical (unpaired) electrons. The van der Waals surface area contributed by atoms with Gasteiger partial charge in [-0.05, 0) is 83.0 Å². The molecule has 0 aromatic heterocycles. The summed E-state index contributed by atoms with van der Waals surface area (Å²) < 4.78 is 28.7. The number of halogens is 1. The van der Waals surface area contributed by atoms with E-state index in [9.17, 15) is 18.0 Å². The van der Waals surface area contributed by atoms with Gasteiger partial charge in [-0.1, -0.05) is 59.6 Å². The molecule has 1 unspecified atom stereocenters. The summed E-state index contributed by atoms with van der Waals surface area (Å²) >= 11 is 6.06. The fourth-order valence-electron chi connectivity index (χ4n) is 4.02. The van der Waals surface area contributed by atoms with Gasteiger partial charge in [0.15, 0.2) is 0 Å². The quantitative estimate of drug-likeness (QED) is 0.363. The van der Waals surface area contributed by atoms with Crippen LogP contribution in [0, 0.1) is 6.92 Å². The van der Waals surface area contributed by atoms with Crippen LogP contribution in [0.1, 0.15) is 38.8 Å². The zero-order valence-electron chi connectivity index (χ0n) is 23.0. The summed E-state index contributed by atoms with van der Waals surface area (Å²) in [5.74, 6) is -0.809. The Hall–Kier alpha value is -3.36. The van der Waals surface area contributed by atoms with E-state index in [1.165, 1.54) is 17.0 Å². The van der Waals surface area contributed by atoms with Gasteiger partial charge in [-0.25, -0.2) is 8.42 Å². The Labute approximate surface area is 236 Å². The third-order valence-electron chi connectivity index (χ3n) is 6.15. The molecule has 3 aromatic rings. The van der Waals surface area contributed by atoms with Gasteiger partial charge in [0, 0.05) is 17.1 Å². The molecule has 0 aliphatic rings. The van der Waals surface area contributed by atoms with E-state index < -0.39 is 34.1 Å². The first-order valence-electron chi connectivity index (χ1n) is 12.8. The third-order valence-corrected chi connectivity index (χ3v) is 8.19. The zero-order valence-corrected chi connectivity index (χ0v) is 24.6. The Bertz CT molecular complexity index is 1370. The summed E-state index contributed by atoms with van der Waals surface area (Å²) in [5, 5.41) is 3.37. The van der Waals surface area contributed by atoms with Gasteiger partial charge in [0.2, 0.25) is 11.8 Å². The van der Waals surface area contributed by atoms with Crippen LogP contribution in [-0.2, 0) is 26.0 Å². The molecule has 7 nitrogen and oxygen atoms in total. The summed E-state index contributed by atoms with van der Waals surface area (Å²) in [4.78, 5) is 28.5. The van der Waals surface area contributed by atoms with Gasteiger partial charge >= 0.3 is 0 Å². The number of rotatable bonds is 10. The maximum Gasteiger partial charge on any atom is 0.264 e. The molecule has 0 aliphatic heterocycles. The standard InChI is InChI=1S/C30H36ClN3O4S/c1-22-11-17-27(18-12-22)39(37,38)34(26-15-13-25(31)14-16-26)21-28(35)33(20-19-24-9-7-6-8-10-24)23(2)29(36)32-30(3,4)5/h6-18,23H,19-21H2,1-5H3,(H,32,36). The molecule has 0 bridgehead atoms. The van der Waals surface area contributed by atoms with E-state index in [0.717, 1.165) is 15.4 Å². The molecular weight excluding hydrogens is 534 g/mol. The summed E-state index contributed by atoms with van der Waals surface area (Å²) in [6, 6.07) is 21.5. The molecule has 3 aromatic carbocycles. The van der Waals surface area contributed by atoms with Gasteiger partial charge in [0.05, 0.1) is 10.6 Å². The van der Waals surface area contributed by atoms with Crippen LogP contribution < -0.4 is 9.62 Å². The fraction of sp³-hybridized carbons (Fsp3) is 0.333. The maximum absolute atomic E-state index is 13.9. The predicted octanol–water partition coefficient (Wildman–Crippen LogP) is 5.22. The lowest BCUT2D eigenvalue weighted by atomic mass is 10.1. The minimum atomic E-state index is -4.11. The monoisotopic (exact) mass is 569 g/mol. The highest BCUT2D eigenvalue weighted by Gasteiger charge is 2.33. The van der Waals surface area contributed by atoms with Gasteiger partial charge in [-0.3, -0.25) is 13.9 Å². The van der Waals surface area contributed by atoms with Crippen LogP contribution in [0.15, 0.2) is 83.8 Å². The average molecular weight is 570 g/mol. The second-order valence-corrected chi connectivity index (χ2v) is 12.8. The second kappa shape index (κ2) is 12.7. The van der Waals surface area contributed by atoms with Crippen molar-refractivity contribution < 1.29 is 18.0 Å². The Balaban J connectivity index is 1.98. The summed E-state index contributed by atoms with van der Waals surface area (Å²) in [5.41, 5.74) is 1.71. The first-order chi connectivity index (χ1) is 18.3.